The normalized spacial score (nSPS) is 19.0. The lowest BCUT2D eigenvalue weighted by Crippen LogP contribution is -2.40. The van der Waals surface area contributed by atoms with Gasteiger partial charge in [-0.3, -0.25) is 0 Å². The summed E-state index contributed by atoms with van der Waals surface area (Å²) in [6, 6.07) is 6.80. The Morgan fingerprint density at radius 1 is 1.32 bits per heavy atom. The summed E-state index contributed by atoms with van der Waals surface area (Å²) < 4.78 is 23.5. The molecule has 22 heavy (non-hydrogen) atoms. The van der Waals surface area contributed by atoms with Gasteiger partial charge >= 0.3 is 0 Å². The molecule has 0 bridgehead atoms. The average Bonchev–Trinajstić information content (AvgIpc) is 2.47. The van der Waals surface area contributed by atoms with E-state index in [4.69, 9.17) is 0 Å². The Morgan fingerprint density at radius 3 is 2.59 bits per heavy atom. The number of hydrogen-bond acceptors (Lipinski definition) is 5. The van der Waals surface area contributed by atoms with Crippen LogP contribution in [0.15, 0.2) is 29.2 Å². The van der Waals surface area contributed by atoms with Crippen molar-refractivity contribution in [2.75, 3.05) is 37.8 Å². The fourth-order valence-electron chi connectivity index (χ4n) is 2.77. The largest absolute Gasteiger partial charge is 0.390 e. The lowest BCUT2D eigenvalue weighted by Gasteiger charge is -2.31. The number of β-amino-alcohol motifs (C(OH)–C–C–N with tert-alkyl or cyclic N) is 1. The molecule has 1 saturated heterocycles. The van der Waals surface area contributed by atoms with E-state index < -0.39 is 15.9 Å². The number of rotatable bonds is 6. The number of para-hydroxylation sites is 1. The van der Waals surface area contributed by atoms with Crippen molar-refractivity contribution in [2.24, 2.45) is 5.92 Å². The molecule has 1 unspecified atom stereocenters. The van der Waals surface area contributed by atoms with Crippen LogP contribution in [-0.2, 0) is 9.84 Å². The third kappa shape index (κ3) is 4.97. The maximum absolute atomic E-state index is 11.7. The van der Waals surface area contributed by atoms with Gasteiger partial charge in [-0.05, 0) is 44.0 Å². The van der Waals surface area contributed by atoms with E-state index in [-0.39, 0.29) is 4.90 Å². The Morgan fingerprint density at radius 2 is 1.95 bits per heavy atom. The molecule has 1 aromatic carbocycles. The van der Waals surface area contributed by atoms with Crippen LogP contribution < -0.4 is 5.32 Å². The zero-order valence-corrected chi connectivity index (χ0v) is 14.1. The fourth-order valence-corrected chi connectivity index (χ4v) is 3.64. The first-order chi connectivity index (χ1) is 10.4. The highest BCUT2D eigenvalue weighted by Gasteiger charge is 2.19. The van der Waals surface area contributed by atoms with Crippen molar-refractivity contribution >= 4 is 15.5 Å². The molecule has 5 nitrogen and oxygen atoms in total. The van der Waals surface area contributed by atoms with Crippen molar-refractivity contribution in [3.63, 3.8) is 0 Å². The number of likely N-dealkylation sites (tertiary alicyclic amines) is 1. The van der Waals surface area contributed by atoms with E-state index in [2.05, 4.69) is 17.1 Å². The van der Waals surface area contributed by atoms with E-state index in [1.165, 1.54) is 19.1 Å². The van der Waals surface area contributed by atoms with Gasteiger partial charge in [0, 0.05) is 19.3 Å². The van der Waals surface area contributed by atoms with Gasteiger partial charge in [0.15, 0.2) is 9.84 Å². The number of nitrogens with zero attached hydrogens (tertiary/aromatic N) is 1. The van der Waals surface area contributed by atoms with E-state index in [0.29, 0.717) is 18.8 Å². The number of aliphatic hydroxyl groups is 1. The summed E-state index contributed by atoms with van der Waals surface area (Å²) in [5.41, 5.74) is 0.552. The molecule has 1 aliphatic rings. The lowest BCUT2D eigenvalue weighted by atomic mass is 9.99. The van der Waals surface area contributed by atoms with Crippen LogP contribution in [0.1, 0.15) is 19.8 Å². The molecule has 0 saturated carbocycles. The molecule has 124 valence electrons. The number of benzene rings is 1. The van der Waals surface area contributed by atoms with Crippen molar-refractivity contribution in [3.8, 4) is 0 Å². The number of hydrogen-bond donors (Lipinski definition) is 2. The summed E-state index contributed by atoms with van der Waals surface area (Å²) in [6.45, 7) is 5.28. The van der Waals surface area contributed by atoms with Crippen LogP contribution in [0.25, 0.3) is 0 Å². The van der Waals surface area contributed by atoms with Crippen LogP contribution in [0.2, 0.25) is 0 Å². The minimum absolute atomic E-state index is 0.272. The monoisotopic (exact) mass is 326 g/mol. The highest BCUT2D eigenvalue weighted by molar-refractivity contribution is 7.90. The molecule has 1 fully saturated rings. The summed E-state index contributed by atoms with van der Waals surface area (Å²) >= 11 is 0. The van der Waals surface area contributed by atoms with E-state index in [9.17, 15) is 13.5 Å². The molecule has 0 radical (unpaired) electrons. The minimum atomic E-state index is -3.27. The fraction of sp³-hybridized carbons (Fsp3) is 0.625. The zero-order chi connectivity index (χ0) is 16.2. The van der Waals surface area contributed by atoms with E-state index in [1.54, 1.807) is 24.3 Å². The standard InChI is InChI=1S/C16H26N2O3S/c1-13-7-9-18(10-8-13)12-14(19)11-17-15-5-3-4-6-16(15)22(2,20)21/h3-6,13-14,17,19H,7-12H2,1-2H3. The molecule has 6 heteroatoms. The van der Waals surface area contributed by atoms with Crippen LogP contribution in [0, 0.1) is 5.92 Å². The maximum Gasteiger partial charge on any atom is 0.177 e. The molecule has 1 atom stereocenters. The quantitative estimate of drug-likeness (QED) is 0.831. The van der Waals surface area contributed by atoms with Crippen LogP contribution in [-0.4, -0.2) is 57.0 Å². The third-order valence-electron chi connectivity index (χ3n) is 4.16. The molecule has 1 aliphatic heterocycles. The summed E-state index contributed by atoms with van der Waals surface area (Å²) in [6.07, 6.45) is 3.04. The molecule has 0 spiro atoms. The van der Waals surface area contributed by atoms with Crippen molar-refractivity contribution in [1.29, 1.82) is 0 Å². The lowest BCUT2D eigenvalue weighted by molar-refractivity contribution is 0.0990. The second-order valence-electron chi connectivity index (χ2n) is 6.29. The summed E-state index contributed by atoms with van der Waals surface area (Å²) in [4.78, 5) is 2.54. The van der Waals surface area contributed by atoms with Crippen LogP contribution in [0.3, 0.4) is 0 Å². The van der Waals surface area contributed by atoms with Crippen LogP contribution in [0.5, 0.6) is 0 Å². The van der Waals surface area contributed by atoms with Gasteiger partial charge in [0.05, 0.1) is 16.7 Å². The second-order valence-corrected chi connectivity index (χ2v) is 8.27. The van der Waals surface area contributed by atoms with Gasteiger partial charge in [-0.1, -0.05) is 19.1 Å². The van der Waals surface area contributed by atoms with Gasteiger partial charge in [0.25, 0.3) is 0 Å². The van der Waals surface area contributed by atoms with E-state index >= 15 is 0 Å². The maximum atomic E-state index is 11.7. The number of aliphatic hydroxyl groups excluding tert-OH is 1. The smallest absolute Gasteiger partial charge is 0.177 e. The van der Waals surface area contributed by atoms with Crippen molar-refractivity contribution in [3.05, 3.63) is 24.3 Å². The van der Waals surface area contributed by atoms with Gasteiger partial charge in [0.1, 0.15) is 0 Å². The Hall–Kier alpha value is -1.11. The molecule has 1 heterocycles. The molecule has 0 aromatic heterocycles. The molecule has 2 N–H and O–H groups in total. The second kappa shape index (κ2) is 7.44. The zero-order valence-electron chi connectivity index (χ0n) is 13.3. The summed E-state index contributed by atoms with van der Waals surface area (Å²) in [5.74, 6) is 0.771. The highest BCUT2D eigenvalue weighted by Crippen LogP contribution is 2.20. The Balaban J connectivity index is 1.88. The molecule has 0 aliphatic carbocycles. The highest BCUT2D eigenvalue weighted by atomic mass is 32.2. The molecule has 2 rings (SSSR count). The van der Waals surface area contributed by atoms with Gasteiger partial charge < -0.3 is 15.3 Å². The van der Waals surface area contributed by atoms with E-state index in [1.807, 2.05) is 0 Å². The predicted molar refractivity (Wildman–Crippen MR) is 88.9 cm³/mol. The van der Waals surface area contributed by atoms with Crippen LogP contribution >= 0.6 is 0 Å². The SMILES string of the molecule is CC1CCN(CC(O)CNc2ccccc2S(C)(=O)=O)CC1. The summed E-state index contributed by atoms with van der Waals surface area (Å²) in [5, 5.41) is 13.2. The summed E-state index contributed by atoms with van der Waals surface area (Å²) in [7, 11) is -3.27. The number of sulfone groups is 1. The van der Waals surface area contributed by atoms with Crippen molar-refractivity contribution < 1.29 is 13.5 Å². The molecular weight excluding hydrogens is 300 g/mol. The minimum Gasteiger partial charge on any atom is -0.390 e. The first kappa shape index (κ1) is 17.2. The predicted octanol–water partition coefficient (Wildman–Crippen LogP) is 1.59. The topological polar surface area (TPSA) is 69.6 Å². The number of piperidine rings is 1. The Labute approximate surface area is 133 Å². The third-order valence-corrected chi connectivity index (χ3v) is 5.31. The first-order valence-corrected chi connectivity index (χ1v) is 9.69. The van der Waals surface area contributed by atoms with Gasteiger partial charge in [-0.2, -0.15) is 0 Å². The van der Waals surface area contributed by atoms with Crippen molar-refractivity contribution in [2.45, 2.75) is 30.8 Å². The molecule has 1 aromatic rings. The van der Waals surface area contributed by atoms with Gasteiger partial charge in [0.2, 0.25) is 0 Å². The van der Waals surface area contributed by atoms with Gasteiger partial charge in [-0.25, -0.2) is 8.42 Å². The van der Waals surface area contributed by atoms with E-state index in [0.717, 1.165) is 19.0 Å². The Kier molecular flexibility index (Phi) is 5.83. The molecular formula is C16H26N2O3S. The number of anilines is 1. The first-order valence-electron chi connectivity index (χ1n) is 7.79. The Bertz CT molecular complexity index is 581. The van der Waals surface area contributed by atoms with Crippen molar-refractivity contribution in [1.82, 2.24) is 4.90 Å². The number of nitrogens with one attached hydrogen (secondary N) is 1. The van der Waals surface area contributed by atoms with Crippen LogP contribution in [0.4, 0.5) is 5.69 Å². The average molecular weight is 326 g/mol. The van der Waals surface area contributed by atoms with Gasteiger partial charge in [-0.15, -0.1) is 0 Å². The molecule has 0 amide bonds.